The summed E-state index contributed by atoms with van der Waals surface area (Å²) in [6.07, 6.45) is 5.40. The molecule has 6 heteroatoms. The Morgan fingerprint density at radius 2 is 2.24 bits per heavy atom. The largest absolute Gasteiger partial charge is 0.300 e. The van der Waals surface area contributed by atoms with Crippen molar-refractivity contribution in [1.29, 1.82) is 0 Å². The Labute approximate surface area is 97.5 Å². The normalized spacial score (nSPS) is 34.5. The van der Waals surface area contributed by atoms with Crippen LogP contribution in [0, 0.1) is 5.92 Å². The second kappa shape index (κ2) is 3.29. The van der Waals surface area contributed by atoms with E-state index in [0.29, 0.717) is 12.2 Å². The van der Waals surface area contributed by atoms with Crippen LogP contribution in [0.2, 0.25) is 0 Å². The number of hydrogen-bond acceptors (Lipinski definition) is 3. The molecule has 1 saturated carbocycles. The minimum Gasteiger partial charge on any atom is -0.300 e. The zero-order valence-electron chi connectivity index (χ0n) is 9.36. The van der Waals surface area contributed by atoms with Gasteiger partial charge in [0.1, 0.15) is 5.82 Å². The molecule has 0 spiro atoms. The summed E-state index contributed by atoms with van der Waals surface area (Å²) < 4.78 is 26.0. The molecule has 92 valence electrons. The van der Waals surface area contributed by atoms with Crippen LogP contribution < -0.4 is 5.43 Å². The molecule has 2 aliphatic heterocycles. The summed E-state index contributed by atoms with van der Waals surface area (Å²) in [5.41, 5.74) is 2.98. The summed E-state index contributed by atoms with van der Waals surface area (Å²) in [6.45, 7) is 0. The Bertz CT molecular complexity index is 432. The number of nitrogens with zero attached hydrogens (tertiary/aromatic N) is 2. The second-order valence-corrected chi connectivity index (χ2v) is 4.66. The lowest BCUT2D eigenvalue weighted by Crippen LogP contribution is -2.38. The van der Waals surface area contributed by atoms with Crippen LogP contribution in [0.5, 0.6) is 0 Å². The Hall–Kier alpha value is -1.43. The first-order valence-electron chi connectivity index (χ1n) is 5.57. The van der Waals surface area contributed by atoms with E-state index in [2.05, 4.69) is 5.43 Å². The van der Waals surface area contributed by atoms with Crippen molar-refractivity contribution < 1.29 is 13.6 Å². The lowest BCUT2D eigenvalue weighted by Gasteiger charge is -2.23. The first-order chi connectivity index (χ1) is 7.99. The number of carbonyl (C=O) groups excluding carboxylic acids is 1. The van der Waals surface area contributed by atoms with Crippen LogP contribution in [-0.2, 0) is 4.79 Å². The van der Waals surface area contributed by atoms with Crippen molar-refractivity contribution in [3.05, 3.63) is 24.2 Å². The molecule has 3 rings (SSSR count). The number of fused-ring (bicyclic) bond motifs is 1. The Kier molecular flexibility index (Phi) is 2.07. The van der Waals surface area contributed by atoms with E-state index in [-0.39, 0.29) is 12.3 Å². The van der Waals surface area contributed by atoms with Gasteiger partial charge in [0.2, 0.25) is 5.91 Å². The van der Waals surface area contributed by atoms with Gasteiger partial charge in [0.15, 0.2) is 0 Å². The quantitative estimate of drug-likeness (QED) is 0.745. The number of alkyl halides is 2. The number of nitrogens with one attached hydrogen (secondary N) is 1. The zero-order valence-corrected chi connectivity index (χ0v) is 9.36. The highest BCUT2D eigenvalue weighted by molar-refractivity contribution is 5.79. The predicted octanol–water partition coefficient (Wildman–Crippen LogP) is 1.05. The van der Waals surface area contributed by atoms with Crippen molar-refractivity contribution in [3.8, 4) is 0 Å². The highest BCUT2D eigenvalue weighted by Crippen LogP contribution is 2.52. The highest BCUT2D eigenvalue weighted by atomic mass is 19.3. The number of amides is 1. The van der Waals surface area contributed by atoms with Gasteiger partial charge in [0.25, 0.3) is 5.92 Å². The zero-order chi connectivity index (χ0) is 12.2. The van der Waals surface area contributed by atoms with E-state index in [1.807, 2.05) is 0 Å². The SMILES string of the molecule is CN1C(=O)CC=CN2NC(C3CC3(F)F)C=C21. The van der Waals surface area contributed by atoms with E-state index in [0.717, 1.165) is 0 Å². The first-order valence-corrected chi connectivity index (χ1v) is 5.57. The van der Waals surface area contributed by atoms with Gasteiger partial charge in [-0.05, 0) is 6.08 Å². The van der Waals surface area contributed by atoms with Crippen LogP contribution in [0.25, 0.3) is 0 Å². The molecule has 2 atom stereocenters. The lowest BCUT2D eigenvalue weighted by atomic mass is 10.2. The number of hydrazine groups is 1. The van der Waals surface area contributed by atoms with E-state index >= 15 is 0 Å². The fraction of sp³-hybridized carbons (Fsp3) is 0.545. The van der Waals surface area contributed by atoms with Crippen molar-refractivity contribution in [2.24, 2.45) is 5.92 Å². The van der Waals surface area contributed by atoms with E-state index in [9.17, 15) is 13.6 Å². The molecule has 17 heavy (non-hydrogen) atoms. The third-order valence-corrected chi connectivity index (χ3v) is 3.44. The summed E-state index contributed by atoms with van der Waals surface area (Å²) >= 11 is 0. The van der Waals surface area contributed by atoms with Crippen molar-refractivity contribution in [1.82, 2.24) is 15.3 Å². The molecule has 1 amide bonds. The van der Waals surface area contributed by atoms with Crippen molar-refractivity contribution in [2.45, 2.75) is 24.8 Å². The van der Waals surface area contributed by atoms with Gasteiger partial charge in [0, 0.05) is 32.0 Å². The van der Waals surface area contributed by atoms with Crippen molar-refractivity contribution in [2.75, 3.05) is 7.05 Å². The fourth-order valence-electron chi connectivity index (χ4n) is 2.25. The van der Waals surface area contributed by atoms with Gasteiger partial charge in [-0.15, -0.1) is 0 Å². The maximum Gasteiger partial charge on any atom is 0.253 e. The molecule has 0 aromatic carbocycles. The monoisotopic (exact) mass is 241 g/mol. The second-order valence-electron chi connectivity index (χ2n) is 4.66. The number of hydrogen-bond donors (Lipinski definition) is 1. The van der Waals surface area contributed by atoms with Gasteiger partial charge in [-0.2, -0.15) is 0 Å². The van der Waals surface area contributed by atoms with E-state index in [1.54, 1.807) is 30.4 Å². The molecule has 0 aromatic rings. The van der Waals surface area contributed by atoms with Crippen LogP contribution in [-0.4, -0.2) is 34.8 Å². The van der Waals surface area contributed by atoms with Crippen LogP contribution in [0.1, 0.15) is 12.8 Å². The van der Waals surface area contributed by atoms with Gasteiger partial charge in [-0.25, -0.2) is 14.2 Å². The van der Waals surface area contributed by atoms with Gasteiger partial charge in [0.05, 0.1) is 6.04 Å². The summed E-state index contributed by atoms with van der Waals surface area (Å²) in [5.74, 6) is -2.62. The third-order valence-electron chi connectivity index (χ3n) is 3.44. The lowest BCUT2D eigenvalue weighted by molar-refractivity contribution is -0.127. The average molecular weight is 241 g/mol. The molecule has 3 aliphatic rings. The Morgan fingerprint density at radius 3 is 2.88 bits per heavy atom. The molecular formula is C11H13F2N3O. The van der Waals surface area contributed by atoms with Gasteiger partial charge >= 0.3 is 0 Å². The molecule has 2 unspecified atom stereocenters. The van der Waals surface area contributed by atoms with Gasteiger partial charge in [-0.3, -0.25) is 9.80 Å². The molecule has 1 fully saturated rings. The topological polar surface area (TPSA) is 35.6 Å². The summed E-state index contributed by atoms with van der Waals surface area (Å²) in [5, 5.41) is 1.64. The number of halogens is 2. The molecule has 2 heterocycles. The average Bonchev–Trinajstić information content (AvgIpc) is 2.75. The summed E-state index contributed by atoms with van der Waals surface area (Å²) in [7, 11) is 1.66. The molecule has 1 N–H and O–H groups in total. The molecule has 0 aromatic heterocycles. The Morgan fingerprint density at radius 1 is 1.53 bits per heavy atom. The highest BCUT2D eigenvalue weighted by Gasteiger charge is 2.61. The van der Waals surface area contributed by atoms with Gasteiger partial charge in [-0.1, -0.05) is 6.08 Å². The van der Waals surface area contributed by atoms with E-state index < -0.39 is 17.9 Å². The van der Waals surface area contributed by atoms with Crippen molar-refractivity contribution in [3.63, 3.8) is 0 Å². The number of rotatable bonds is 1. The molecule has 4 nitrogen and oxygen atoms in total. The maximum absolute atomic E-state index is 13.0. The van der Waals surface area contributed by atoms with Crippen LogP contribution in [0.15, 0.2) is 24.2 Å². The van der Waals surface area contributed by atoms with E-state index in [4.69, 9.17) is 0 Å². The fourth-order valence-corrected chi connectivity index (χ4v) is 2.25. The predicted molar refractivity (Wildman–Crippen MR) is 56.4 cm³/mol. The maximum atomic E-state index is 13.0. The third kappa shape index (κ3) is 1.63. The van der Waals surface area contributed by atoms with Gasteiger partial charge < -0.3 is 4.90 Å². The van der Waals surface area contributed by atoms with Crippen LogP contribution >= 0.6 is 0 Å². The summed E-state index contributed by atoms with van der Waals surface area (Å²) in [4.78, 5) is 13.1. The minimum absolute atomic E-state index is 0.0417. The molecular weight excluding hydrogens is 228 g/mol. The number of carbonyl (C=O) groups is 1. The van der Waals surface area contributed by atoms with Crippen molar-refractivity contribution >= 4 is 5.91 Å². The first kappa shape index (κ1) is 10.7. The Balaban J connectivity index is 1.83. The van der Waals surface area contributed by atoms with Crippen LogP contribution in [0.4, 0.5) is 8.78 Å². The van der Waals surface area contributed by atoms with E-state index in [1.165, 1.54) is 4.90 Å². The molecule has 0 bridgehead atoms. The van der Waals surface area contributed by atoms with Crippen LogP contribution in [0.3, 0.4) is 0 Å². The molecule has 0 radical (unpaired) electrons. The summed E-state index contributed by atoms with van der Waals surface area (Å²) in [6, 6.07) is -0.391. The standard InChI is InChI=1S/C11H13F2N3O/c1-15-9-5-8(7-6-11(7,12)13)14-16(9)4-2-3-10(15)17/h2,4-5,7-8,14H,3,6H2,1H3. The molecule has 0 saturated heterocycles. The smallest absolute Gasteiger partial charge is 0.253 e. The molecule has 1 aliphatic carbocycles. The minimum atomic E-state index is -2.56.